The molecule has 2 aliphatic heterocycles. The van der Waals surface area contributed by atoms with Crippen LogP contribution in [0, 0.1) is 5.82 Å². The van der Waals surface area contributed by atoms with Crippen LogP contribution in [0.15, 0.2) is 18.2 Å². The van der Waals surface area contributed by atoms with Crippen molar-refractivity contribution in [3.8, 4) is 0 Å². The Balaban J connectivity index is 1.79. The van der Waals surface area contributed by atoms with Crippen molar-refractivity contribution in [3.63, 3.8) is 0 Å². The summed E-state index contributed by atoms with van der Waals surface area (Å²) >= 11 is 9.89. The van der Waals surface area contributed by atoms with Gasteiger partial charge in [-0.05, 0) is 49.4 Å². The summed E-state index contributed by atoms with van der Waals surface area (Å²) in [6.45, 7) is 0.783. The van der Waals surface area contributed by atoms with Crippen molar-refractivity contribution in [1.82, 2.24) is 4.90 Å². The molecule has 0 spiro atoms. The number of hydrogen-bond acceptors (Lipinski definition) is 1. The van der Waals surface area contributed by atoms with Gasteiger partial charge in [-0.15, -0.1) is 0 Å². The maximum atomic E-state index is 13.3. The molecule has 0 aromatic heterocycles. The topological polar surface area (TPSA) is 3.24 Å². The third kappa shape index (κ3) is 2.45. The normalized spacial score (nSPS) is 31.8. The lowest BCUT2D eigenvalue weighted by Gasteiger charge is -2.37. The Morgan fingerprint density at radius 3 is 2.61 bits per heavy atom. The summed E-state index contributed by atoms with van der Waals surface area (Å²) in [5.41, 5.74) is 0.918. The zero-order valence-corrected chi connectivity index (χ0v) is 12.4. The monoisotopic (exact) mass is 331 g/mol. The highest BCUT2D eigenvalue weighted by Crippen LogP contribution is 2.39. The number of piperidine rings is 1. The van der Waals surface area contributed by atoms with E-state index in [1.807, 2.05) is 0 Å². The van der Waals surface area contributed by atoms with E-state index in [9.17, 15) is 4.39 Å². The Morgan fingerprint density at radius 1 is 1.28 bits per heavy atom. The van der Waals surface area contributed by atoms with Crippen LogP contribution in [-0.2, 0) is 6.54 Å². The number of fused-ring (bicyclic) bond motifs is 2. The average molecular weight is 333 g/mol. The molecular formula is C14H16BrClFN. The number of halogens is 3. The van der Waals surface area contributed by atoms with Crippen LogP contribution in [-0.4, -0.2) is 21.8 Å². The van der Waals surface area contributed by atoms with E-state index in [4.69, 9.17) is 11.6 Å². The van der Waals surface area contributed by atoms with Crippen LogP contribution in [0.1, 0.15) is 31.2 Å². The minimum absolute atomic E-state index is 0.197. The molecule has 2 heterocycles. The molecule has 98 valence electrons. The van der Waals surface area contributed by atoms with Crippen molar-refractivity contribution in [2.24, 2.45) is 0 Å². The Hall–Kier alpha value is -0.120. The predicted molar refractivity (Wildman–Crippen MR) is 75.7 cm³/mol. The Labute approximate surface area is 120 Å². The highest BCUT2D eigenvalue weighted by atomic mass is 79.9. The largest absolute Gasteiger partial charge is 0.293 e. The number of alkyl halides is 1. The van der Waals surface area contributed by atoms with Gasteiger partial charge in [-0.3, -0.25) is 4.90 Å². The molecule has 1 nitrogen and oxygen atoms in total. The van der Waals surface area contributed by atoms with Crippen molar-refractivity contribution in [2.45, 2.75) is 49.1 Å². The second-order valence-corrected chi connectivity index (χ2v) is 7.06. The summed E-state index contributed by atoms with van der Waals surface area (Å²) in [6.07, 6.45) is 4.92. The zero-order valence-electron chi connectivity index (χ0n) is 10.1. The molecule has 0 radical (unpaired) electrons. The van der Waals surface area contributed by atoms with E-state index < -0.39 is 0 Å². The third-order valence-electron chi connectivity index (χ3n) is 4.19. The molecule has 2 fully saturated rings. The van der Waals surface area contributed by atoms with Crippen molar-refractivity contribution >= 4 is 27.5 Å². The highest BCUT2D eigenvalue weighted by Gasteiger charge is 2.39. The number of benzene rings is 1. The summed E-state index contributed by atoms with van der Waals surface area (Å²) in [7, 11) is 0. The number of hydrogen-bond donors (Lipinski definition) is 0. The fourth-order valence-electron chi connectivity index (χ4n) is 3.33. The van der Waals surface area contributed by atoms with Crippen LogP contribution < -0.4 is 0 Å². The van der Waals surface area contributed by atoms with Gasteiger partial charge in [0, 0.05) is 28.5 Å². The van der Waals surface area contributed by atoms with Crippen LogP contribution in [0.25, 0.3) is 0 Å². The van der Waals surface area contributed by atoms with Gasteiger partial charge in [0.2, 0.25) is 0 Å². The SMILES string of the molecule is Fc1ccc(Cl)c(CN2C3CCC2CC(Br)C3)c1. The molecule has 2 aliphatic rings. The second-order valence-electron chi connectivity index (χ2n) is 5.36. The lowest BCUT2D eigenvalue weighted by molar-refractivity contribution is 0.137. The van der Waals surface area contributed by atoms with E-state index in [1.54, 1.807) is 12.1 Å². The van der Waals surface area contributed by atoms with Crippen molar-refractivity contribution < 1.29 is 4.39 Å². The molecule has 1 aromatic rings. The second kappa shape index (κ2) is 5.10. The summed E-state index contributed by atoms with van der Waals surface area (Å²) in [5, 5.41) is 0.678. The molecule has 2 bridgehead atoms. The molecule has 0 N–H and O–H groups in total. The molecule has 0 aliphatic carbocycles. The van der Waals surface area contributed by atoms with Crippen LogP contribution in [0.2, 0.25) is 5.02 Å². The molecule has 18 heavy (non-hydrogen) atoms. The smallest absolute Gasteiger partial charge is 0.123 e. The molecule has 3 rings (SSSR count). The minimum Gasteiger partial charge on any atom is -0.293 e. The van der Waals surface area contributed by atoms with E-state index in [-0.39, 0.29) is 5.82 Å². The van der Waals surface area contributed by atoms with Gasteiger partial charge in [0.15, 0.2) is 0 Å². The van der Waals surface area contributed by atoms with Gasteiger partial charge in [-0.2, -0.15) is 0 Å². The van der Waals surface area contributed by atoms with Gasteiger partial charge in [-0.1, -0.05) is 27.5 Å². The maximum absolute atomic E-state index is 13.3. The maximum Gasteiger partial charge on any atom is 0.123 e. The summed E-state index contributed by atoms with van der Waals surface area (Å²) in [6, 6.07) is 5.92. The fourth-order valence-corrected chi connectivity index (χ4v) is 4.37. The molecule has 2 atom stereocenters. The standard InChI is InChI=1S/C14H16BrClFN/c15-10-6-12-2-3-13(7-10)18(12)8-9-5-11(17)1-4-14(9)16/h1,4-5,10,12-13H,2-3,6-8H2. The molecule has 1 aromatic carbocycles. The third-order valence-corrected chi connectivity index (χ3v) is 5.30. The number of rotatable bonds is 2. The Morgan fingerprint density at radius 2 is 1.94 bits per heavy atom. The average Bonchev–Trinajstić information content (AvgIpc) is 2.57. The Kier molecular flexibility index (Phi) is 3.65. The van der Waals surface area contributed by atoms with Gasteiger partial charge >= 0.3 is 0 Å². The highest BCUT2D eigenvalue weighted by molar-refractivity contribution is 9.09. The minimum atomic E-state index is -0.197. The van der Waals surface area contributed by atoms with E-state index in [1.165, 1.54) is 31.7 Å². The first-order valence-electron chi connectivity index (χ1n) is 6.47. The zero-order chi connectivity index (χ0) is 12.7. The van der Waals surface area contributed by atoms with Gasteiger partial charge in [-0.25, -0.2) is 4.39 Å². The molecule has 2 unspecified atom stereocenters. The van der Waals surface area contributed by atoms with Gasteiger partial charge in [0.05, 0.1) is 0 Å². The van der Waals surface area contributed by atoms with E-state index in [0.29, 0.717) is 21.9 Å². The molecular weight excluding hydrogens is 317 g/mol. The van der Waals surface area contributed by atoms with E-state index >= 15 is 0 Å². The van der Waals surface area contributed by atoms with E-state index in [0.717, 1.165) is 12.1 Å². The van der Waals surface area contributed by atoms with Gasteiger partial charge in [0.25, 0.3) is 0 Å². The summed E-state index contributed by atoms with van der Waals surface area (Å²) in [5.74, 6) is -0.197. The lowest BCUT2D eigenvalue weighted by atomic mass is 10.0. The van der Waals surface area contributed by atoms with Crippen molar-refractivity contribution in [3.05, 3.63) is 34.6 Å². The lowest BCUT2D eigenvalue weighted by Crippen LogP contribution is -2.42. The van der Waals surface area contributed by atoms with Crippen LogP contribution in [0.5, 0.6) is 0 Å². The van der Waals surface area contributed by atoms with Gasteiger partial charge in [0.1, 0.15) is 5.82 Å². The molecule has 0 saturated carbocycles. The van der Waals surface area contributed by atoms with Crippen LogP contribution in [0.3, 0.4) is 0 Å². The van der Waals surface area contributed by atoms with Crippen molar-refractivity contribution in [2.75, 3.05) is 0 Å². The predicted octanol–water partition coefficient (Wildman–Crippen LogP) is 4.37. The van der Waals surface area contributed by atoms with Crippen molar-refractivity contribution in [1.29, 1.82) is 0 Å². The first-order chi connectivity index (χ1) is 8.63. The number of nitrogens with zero attached hydrogens (tertiary/aromatic N) is 1. The van der Waals surface area contributed by atoms with E-state index in [2.05, 4.69) is 20.8 Å². The summed E-state index contributed by atoms with van der Waals surface area (Å²) < 4.78 is 13.3. The summed E-state index contributed by atoms with van der Waals surface area (Å²) in [4.78, 5) is 3.16. The first kappa shape index (κ1) is 12.9. The molecule has 4 heteroatoms. The quantitative estimate of drug-likeness (QED) is 0.727. The first-order valence-corrected chi connectivity index (χ1v) is 7.76. The fraction of sp³-hybridized carbons (Fsp3) is 0.571. The Bertz CT molecular complexity index is 439. The molecule has 0 amide bonds. The van der Waals surface area contributed by atoms with Crippen LogP contribution in [0.4, 0.5) is 4.39 Å². The van der Waals surface area contributed by atoms with Gasteiger partial charge < -0.3 is 0 Å². The molecule has 2 saturated heterocycles. The van der Waals surface area contributed by atoms with Crippen LogP contribution >= 0.6 is 27.5 Å².